The molecule has 1 rings (SSSR count). The molecule has 0 amide bonds. The number of aliphatic hydroxyl groups is 1. The summed E-state index contributed by atoms with van der Waals surface area (Å²) in [6.45, 7) is 8.21. The van der Waals surface area contributed by atoms with Gasteiger partial charge in [-0.2, -0.15) is 0 Å². The van der Waals surface area contributed by atoms with Crippen LogP contribution in [0.15, 0.2) is 0 Å². The predicted molar refractivity (Wildman–Crippen MR) is 68.6 cm³/mol. The van der Waals surface area contributed by atoms with Gasteiger partial charge in [0, 0.05) is 18.6 Å². The van der Waals surface area contributed by atoms with E-state index in [0.29, 0.717) is 12.1 Å². The van der Waals surface area contributed by atoms with Crippen LogP contribution in [0.2, 0.25) is 0 Å². The molecule has 0 saturated carbocycles. The van der Waals surface area contributed by atoms with E-state index in [1.54, 1.807) is 0 Å². The van der Waals surface area contributed by atoms with Crippen LogP contribution in [0.25, 0.3) is 0 Å². The van der Waals surface area contributed by atoms with Gasteiger partial charge in [-0.15, -0.1) is 0 Å². The Bertz CT molecular complexity index is 206. The molecule has 0 spiro atoms. The molecule has 1 aliphatic rings. The standard InChI is InChI=1S/C13H28N2O/c1-5-7-13(3,16)10-14-12-6-8-15(4)11(2)9-12/h11-12,14,16H,5-10H2,1-4H3. The van der Waals surface area contributed by atoms with Crippen LogP contribution in [0.4, 0.5) is 0 Å². The lowest BCUT2D eigenvalue weighted by Gasteiger charge is -2.36. The average molecular weight is 228 g/mol. The molecule has 1 fully saturated rings. The third-order valence-corrected chi connectivity index (χ3v) is 3.77. The van der Waals surface area contributed by atoms with Crippen molar-refractivity contribution in [1.82, 2.24) is 10.2 Å². The van der Waals surface area contributed by atoms with Crippen molar-refractivity contribution in [3.8, 4) is 0 Å². The largest absolute Gasteiger partial charge is 0.389 e. The second-order valence-corrected chi connectivity index (χ2v) is 5.68. The van der Waals surface area contributed by atoms with Gasteiger partial charge in [-0.1, -0.05) is 13.3 Å². The van der Waals surface area contributed by atoms with E-state index in [4.69, 9.17) is 0 Å². The van der Waals surface area contributed by atoms with Crippen molar-refractivity contribution in [3.05, 3.63) is 0 Å². The van der Waals surface area contributed by atoms with Gasteiger partial charge in [-0.25, -0.2) is 0 Å². The highest BCUT2D eigenvalue weighted by Gasteiger charge is 2.25. The van der Waals surface area contributed by atoms with E-state index < -0.39 is 5.60 Å². The Hall–Kier alpha value is -0.120. The Morgan fingerprint density at radius 1 is 1.50 bits per heavy atom. The number of rotatable bonds is 5. The molecular weight excluding hydrogens is 200 g/mol. The molecule has 3 atom stereocenters. The van der Waals surface area contributed by atoms with Crippen LogP contribution in [0.1, 0.15) is 46.5 Å². The zero-order valence-electron chi connectivity index (χ0n) is 11.3. The van der Waals surface area contributed by atoms with Crippen molar-refractivity contribution in [3.63, 3.8) is 0 Å². The molecule has 0 bridgehead atoms. The maximum atomic E-state index is 10.1. The summed E-state index contributed by atoms with van der Waals surface area (Å²) >= 11 is 0. The van der Waals surface area contributed by atoms with Gasteiger partial charge >= 0.3 is 0 Å². The topological polar surface area (TPSA) is 35.5 Å². The van der Waals surface area contributed by atoms with Crippen molar-refractivity contribution in [2.45, 2.75) is 64.1 Å². The van der Waals surface area contributed by atoms with Crippen molar-refractivity contribution in [1.29, 1.82) is 0 Å². The smallest absolute Gasteiger partial charge is 0.0743 e. The molecule has 16 heavy (non-hydrogen) atoms. The summed E-state index contributed by atoms with van der Waals surface area (Å²) in [7, 11) is 2.19. The van der Waals surface area contributed by atoms with Crippen LogP contribution in [0.5, 0.6) is 0 Å². The summed E-state index contributed by atoms with van der Waals surface area (Å²) in [6, 6.07) is 1.23. The van der Waals surface area contributed by atoms with Crippen molar-refractivity contribution in [2.75, 3.05) is 20.1 Å². The molecule has 0 aliphatic carbocycles. The number of nitrogens with one attached hydrogen (secondary N) is 1. The summed E-state index contributed by atoms with van der Waals surface area (Å²) in [5.74, 6) is 0. The van der Waals surface area contributed by atoms with Gasteiger partial charge in [0.15, 0.2) is 0 Å². The fourth-order valence-corrected chi connectivity index (χ4v) is 2.47. The number of nitrogens with zero attached hydrogens (tertiary/aromatic N) is 1. The number of piperidine rings is 1. The molecule has 0 radical (unpaired) electrons. The molecule has 1 heterocycles. The first-order chi connectivity index (χ1) is 7.44. The molecule has 3 nitrogen and oxygen atoms in total. The van der Waals surface area contributed by atoms with Gasteiger partial charge in [-0.3, -0.25) is 0 Å². The highest BCUT2D eigenvalue weighted by molar-refractivity contribution is 4.84. The van der Waals surface area contributed by atoms with Gasteiger partial charge in [-0.05, 0) is 46.7 Å². The quantitative estimate of drug-likeness (QED) is 0.750. The Balaban J connectivity index is 2.28. The lowest BCUT2D eigenvalue weighted by molar-refractivity contribution is 0.0424. The van der Waals surface area contributed by atoms with E-state index in [2.05, 4.69) is 31.1 Å². The Morgan fingerprint density at radius 3 is 2.75 bits per heavy atom. The summed E-state index contributed by atoms with van der Waals surface area (Å²) in [5, 5.41) is 13.6. The van der Waals surface area contributed by atoms with Crippen LogP contribution in [-0.4, -0.2) is 47.8 Å². The zero-order chi connectivity index (χ0) is 12.2. The van der Waals surface area contributed by atoms with E-state index in [9.17, 15) is 5.11 Å². The highest BCUT2D eigenvalue weighted by Crippen LogP contribution is 2.17. The monoisotopic (exact) mass is 228 g/mol. The van der Waals surface area contributed by atoms with E-state index >= 15 is 0 Å². The lowest BCUT2D eigenvalue weighted by Crippen LogP contribution is -2.49. The maximum Gasteiger partial charge on any atom is 0.0743 e. The second kappa shape index (κ2) is 5.99. The molecule has 3 heteroatoms. The van der Waals surface area contributed by atoms with Crippen molar-refractivity contribution < 1.29 is 5.11 Å². The van der Waals surface area contributed by atoms with E-state index in [-0.39, 0.29) is 0 Å². The third kappa shape index (κ3) is 4.40. The third-order valence-electron chi connectivity index (χ3n) is 3.77. The molecule has 3 unspecified atom stereocenters. The molecule has 1 aliphatic heterocycles. The SMILES string of the molecule is CCCC(C)(O)CNC1CCN(C)C(C)C1. The van der Waals surface area contributed by atoms with Crippen LogP contribution >= 0.6 is 0 Å². The lowest BCUT2D eigenvalue weighted by atomic mass is 9.96. The molecule has 0 aromatic heterocycles. The van der Waals surface area contributed by atoms with Crippen LogP contribution in [0.3, 0.4) is 0 Å². The van der Waals surface area contributed by atoms with Gasteiger partial charge in [0.2, 0.25) is 0 Å². The minimum atomic E-state index is -0.540. The molecule has 0 aromatic rings. The highest BCUT2D eigenvalue weighted by atomic mass is 16.3. The van der Waals surface area contributed by atoms with Crippen LogP contribution < -0.4 is 5.32 Å². The first-order valence-electron chi connectivity index (χ1n) is 6.60. The molecule has 2 N–H and O–H groups in total. The van der Waals surface area contributed by atoms with Crippen LogP contribution in [-0.2, 0) is 0 Å². The molecular formula is C13H28N2O. The van der Waals surface area contributed by atoms with Gasteiger partial charge in [0.25, 0.3) is 0 Å². The zero-order valence-corrected chi connectivity index (χ0v) is 11.3. The summed E-state index contributed by atoms with van der Waals surface area (Å²) < 4.78 is 0. The van der Waals surface area contributed by atoms with Crippen molar-refractivity contribution >= 4 is 0 Å². The fraction of sp³-hybridized carbons (Fsp3) is 1.00. The second-order valence-electron chi connectivity index (χ2n) is 5.68. The number of hydrogen-bond donors (Lipinski definition) is 2. The Morgan fingerprint density at radius 2 is 2.19 bits per heavy atom. The van der Waals surface area contributed by atoms with Gasteiger partial charge in [0.05, 0.1) is 5.60 Å². The fourth-order valence-electron chi connectivity index (χ4n) is 2.47. The minimum absolute atomic E-state index is 0.540. The van der Waals surface area contributed by atoms with E-state index in [1.807, 2.05) is 6.92 Å². The first-order valence-corrected chi connectivity index (χ1v) is 6.60. The first kappa shape index (κ1) is 13.9. The maximum absolute atomic E-state index is 10.1. The summed E-state index contributed by atoms with van der Waals surface area (Å²) in [4.78, 5) is 2.41. The average Bonchev–Trinajstić information content (AvgIpc) is 2.20. The molecule has 96 valence electrons. The van der Waals surface area contributed by atoms with Crippen molar-refractivity contribution in [2.24, 2.45) is 0 Å². The van der Waals surface area contributed by atoms with Crippen LogP contribution in [0, 0.1) is 0 Å². The molecule has 1 saturated heterocycles. The van der Waals surface area contributed by atoms with E-state index in [0.717, 1.165) is 25.9 Å². The minimum Gasteiger partial charge on any atom is -0.389 e. The number of likely N-dealkylation sites (tertiary alicyclic amines) is 1. The van der Waals surface area contributed by atoms with Gasteiger partial charge in [0.1, 0.15) is 0 Å². The molecule has 0 aromatic carbocycles. The predicted octanol–water partition coefficient (Wildman–Crippen LogP) is 1.61. The van der Waals surface area contributed by atoms with E-state index in [1.165, 1.54) is 12.8 Å². The summed E-state index contributed by atoms with van der Waals surface area (Å²) in [6.07, 6.45) is 4.31. The number of hydrogen-bond acceptors (Lipinski definition) is 3. The van der Waals surface area contributed by atoms with Gasteiger partial charge < -0.3 is 15.3 Å². The normalized spacial score (nSPS) is 31.3. The Labute approximate surface area is 100 Å². The summed E-state index contributed by atoms with van der Waals surface area (Å²) in [5.41, 5.74) is -0.540. The Kier molecular flexibility index (Phi) is 5.22.